The first-order valence-corrected chi connectivity index (χ1v) is 15.2. The molecule has 12 heteroatoms. The molecule has 1 aliphatic rings. The molecule has 0 radical (unpaired) electrons. The number of benzene rings is 4. The van der Waals surface area contributed by atoms with Crippen molar-refractivity contribution >= 4 is 28.0 Å². The van der Waals surface area contributed by atoms with Crippen LogP contribution in [0.15, 0.2) is 91.2 Å². The molecule has 1 aliphatic heterocycles. The summed E-state index contributed by atoms with van der Waals surface area (Å²) < 4.78 is 33.7. The largest absolute Gasteiger partial charge is 0.508 e. The molecule has 4 aromatic carbocycles. The number of phenolic OH excluding ortho intramolecular Hbond substituents is 3. The van der Waals surface area contributed by atoms with E-state index in [1.54, 1.807) is 44.6 Å². The smallest absolute Gasteiger partial charge is 0.347 e. The minimum absolute atomic E-state index is 0.0872. The van der Waals surface area contributed by atoms with Gasteiger partial charge in [0.1, 0.15) is 56.5 Å². The van der Waals surface area contributed by atoms with Crippen molar-refractivity contribution in [1.82, 2.24) is 0 Å². The van der Waals surface area contributed by atoms with Crippen LogP contribution in [0.3, 0.4) is 0 Å². The van der Waals surface area contributed by atoms with E-state index in [0.717, 1.165) is 11.6 Å². The highest BCUT2D eigenvalue weighted by molar-refractivity contribution is 5.99. The summed E-state index contributed by atoms with van der Waals surface area (Å²) in [6.45, 7) is 3.90. The third-order valence-electron chi connectivity index (χ3n) is 8.01. The number of ether oxygens (including phenoxy) is 4. The van der Waals surface area contributed by atoms with Gasteiger partial charge in [-0.15, -0.1) is 0 Å². The molecule has 12 nitrogen and oxygen atoms in total. The highest BCUT2D eigenvalue weighted by Gasteiger charge is 2.29. The van der Waals surface area contributed by atoms with E-state index in [1.807, 2.05) is 26.0 Å². The summed E-state index contributed by atoms with van der Waals surface area (Å²) in [7, 11) is 4.68. The molecule has 7 rings (SSSR count). The Hall–Kier alpha value is -6.56. The van der Waals surface area contributed by atoms with Crippen LogP contribution in [0.4, 0.5) is 0 Å². The van der Waals surface area contributed by atoms with Gasteiger partial charge in [0.2, 0.25) is 11.2 Å². The number of rotatable bonds is 5. The summed E-state index contributed by atoms with van der Waals surface area (Å²) in [6.07, 6.45) is 3.91. The van der Waals surface area contributed by atoms with Crippen molar-refractivity contribution in [3.05, 3.63) is 99.0 Å². The molecule has 0 saturated carbocycles. The van der Waals surface area contributed by atoms with Crippen LogP contribution >= 0.6 is 0 Å². The fourth-order valence-electron chi connectivity index (χ4n) is 5.59. The van der Waals surface area contributed by atoms with Gasteiger partial charge in [0.25, 0.3) is 0 Å². The second-order valence-electron chi connectivity index (χ2n) is 11.8. The van der Waals surface area contributed by atoms with Crippen LogP contribution in [-0.2, 0) is 0 Å². The van der Waals surface area contributed by atoms with E-state index in [1.165, 1.54) is 37.4 Å². The van der Waals surface area contributed by atoms with Crippen molar-refractivity contribution in [3.63, 3.8) is 0 Å². The normalized spacial score (nSPS) is 12.8. The molecule has 6 aromatic rings. The molecule has 0 fully saturated rings. The van der Waals surface area contributed by atoms with Crippen molar-refractivity contribution in [2.45, 2.75) is 19.4 Å². The first-order valence-electron chi connectivity index (χ1n) is 15.2. The molecule has 2 aromatic heterocycles. The first kappa shape index (κ1) is 33.3. The molecule has 3 heterocycles. The van der Waals surface area contributed by atoms with Gasteiger partial charge in [0, 0.05) is 17.7 Å². The zero-order chi connectivity index (χ0) is 35.9. The Balaban J connectivity index is 0.000000182. The van der Waals surface area contributed by atoms with E-state index in [0.29, 0.717) is 45.1 Å². The molecule has 0 spiro atoms. The molecule has 0 atom stereocenters. The predicted molar refractivity (Wildman–Crippen MR) is 186 cm³/mol. The highest BCUT2D eigenvalue weighted by Crippen LogP contribution is 2.47. The number of fused-ring (bicyclic) bond motifs is 3. The quantitative estimate of drug-likeness (QED) is 0.109. The minimum Gasteiger partial charge on any atom is -0.508 e. The molecule has 4 N–H and O–H groups in total. The molecule has 50 heavy (non-hydrogen) atoms. The van der Waals surface area contributed by atoms with Crippen molar-refractivity contribution in [2.24, 2.45) is 0 Å². The van der Waals surface area contributed by atoms with Gasteiger partial charge in [-0.3, -0.25) is 4.79 Å². The van der Waals surface area contributed by atoms with Crippen LogP contribution in [0, 0.1) is 0 Å². The Morgan fingerprint density at radius 3 is 2.06 bits per heavy atom. The molecule has 256 valence electrons. The zero-order valence-corrected chi connectivity index (χ0v) is 27.6. The van der Waals surface area contributed by atoms with E-state index >= 15 is 0 Å². The van der Waals surface area contributed by atoms with E-state index in [9.17, 15) is 30.0 Å². The standard InChI is InChI=1S/C23H22O6.C15H10O6/c1-23(2)11-10-15-16(29-23)12-17-19(20(15)26-4)21(27-5)18(22(24)28-17)13-6-8-14(25-3)9-7-13;16-8-2-3-9-12(6-8)21-15(14(20)13(9)19)7-1-4-10(17)11(18)5-7/h6-12H,1-5H3;1-6,16-18,20H. The van der Waals surface area contributed by atoms with Gasteiger partial charge in [-0.05, 0) is 74.0 Å². The number of methoxy groups -OCH3 is 3. The fraction of sp³-hybridized carbons (Fsp3) is 0.158. The van der Waals surface area contributed by atoms with Crippen molar-refractivity contribution in [2.75, 3.05) is 21.3 Å². The van der Waals surface area contributed by atoms with Crippen LogP contribution < -0.4 is 30.0 Å². The lowest BCUT2D eigenvalue weighted by Crippen LogP contribution is -2.27. The Labute approximate surface area is 284 Å². The molecule has 0 saturated heterocycles. The van der Waals surface area contributed by atoms with Gasteiger partial charge in [-0.2, -0.15) is 0 Å². The maximum absolute atomic E-state index is 12.9. The maximum atomic E-state index is 12.9. The summed E-state index contributed by atoms with van der Waals surface area (Å²) in [4.78, 5) is 25.0. The number of hydrogen-bond donors (Lipinski definition) is 4. The third-order valence-corrected chi connectivity index (χ3v) is 8.01. The lowest BCUT2D eigenvalue weighted by Gasteiger charge is -2.29. The fourth-order valence-corrected chi connectivity index (χ4v) is 5.59. The van der Waals surface area contributed by atoms with Gasteiger partial charge in [-0.25, -0.2) is 4.79 Å². The molecule has 0 bridgehead atoms. The second-order valence-corrected chi connectivity index (χ2v) is 11.8. The van der Waals surface area contributed by atoms with Crippen molar-refractivity contribution in [3.8, 4) is 68.4 Å². The monoisotopic (exact) mass is 680 g/mol. The van der Waals surface area contributed by atoms with E-state index in [4.69, 9.17) is 27.8 Å². The van der Waals surface area contributed by atoms with Crippen LogP contribution in [0.2, 0.25) is 0 Å². The Morgan fingerprint density at radius 1 is 0.700 bits per heavy atom. The molecular formula is C38H32O12. The average Bonchev–Trinajstić information content (AvgIpc) is 3.09. The number of phenols is 3. The van der Waals surface area contributed by atoms with Gasteiger partial charge < -0.3 is 48.2 Å². The van der Waals surface area contributed by atoms with Crippen LogP contribution in [0.25, 0.3) is 50.5 Å². The summed E-state index contributed by atoms with van der Waals surface area (Å²) >= 11 is 0. The number of hydrogen-bond acceptors (Lipinski definition) is 12. The maximum Gasteiger partial charge on any atom is 0.347 e. The summed E-state index contributed by atoms with van der Waals surface area (Å²) in [5, 5.41) is 38.9. The third kappa shape index (κ3) is 5.98. The zero-order valence-electron chi connectivity index (χ0n) is 27.6. The highest BCUT2D eigenvalue weighted by atomic mass is 16.5. The number of aromatic hydroxyl groups is 4. The summed E-state index contributed by atoms with van der Waals surface area (Å²) in [5.74, 6) is 0.588. The first-order chi connectivity index (χ1) is 23.8. The summed E-state index contributed by atoms with van der Waals surface area (Å²) in [5.41, 5.74) is 0.765. The molecule has 0 unspecified atom stereocenters. The SMILES string of the molecule is COc1ccc(-c2c(OC)c3c(OC)c4c(cc3oc2=O)OC(C)(C)C=C4)cc1.O=c1c(O)c(-c2ccc(O)c(O)c2)oc2cc(O)ccc12. The van der Waals surface area contributed by atoms with Crippen molar-refractivity contribution < 1.29 is 48.2 Å². The van der Waals surface area contributed by atoms with Gasteiger partial charge >= 0.3 is 5.63 Å². The topological polar surface area (TPSA) is 178 Å². The Kier molecular flexibility index (Phi) is 8.54. The lowest BCUT2D eigenvalue weighted by atomic mass is 9.98. The van der Waals surface area contributed by atoms with Gasteiger partial charge in [0.15, 0.2) is 17.3 Å². The average molecular weight is 681 g/mol. The Morgan fingerprint density at radius 2 is 1.40 bits per heavy atom. The predicted octanol–water partition coefficient (Wildman–Crippen LogP) is 6.95. The van der Waals surface area contributed by atoms with E-state index < -0.39 is 28.2 Å². The van der Waals surface area contributed by atoms with Crippen LogP contribution in [-0.4, -0.2) is 47.4 Å². The van der Waals surface area contributed by atoms with E-state index in [-0.39, 0.29) is 33.8 Å². The van der Waals surface area contributed by atoms with Crippen molar-refractivity contribution in [1.29, 1.82) is 0 Å². The lowest BCUT2D eigenvalue weighted by molar-refractivity contribution is 0.158. The second kappa shape index (κ2) is 12.8. The molecule has 0 aliphatic carbocycles. The van der Waals surface area contributed by atoms with Crippen LogP contribution in [0.1, 0.15) is 19.4 Å². The Bertz CT molecular complexity index is 2420. The summed E-state index contributed by atoms with van der Waals surface area (Å²) in [6, 6.07) is 16.5. The molecule has 0 amide bonds. The van der Waals surface area contributed by atoms with Crippen LogP contribution in [0.5, 0.6) is 46.0 Å². The minimum atomic E-state index is -0.654. The van der Waals surface area contributed by atoms with Gasteiger partial charge in [0.05, 0.1) is 32.3 Å². The molecular weight excluding hydrogens is 648 g/mol. The van der Waals surface area contributed by atoms with Gasteiger partial charge in [-0.1, -0.05) is 12.1 Å². The van der Waals surface area contributed by atoms with E-state index in [2.05, 4.69) is 0 Å².